The first-order valence-electron chi connectivity index (χ1n) is 9.00. The maximum Gasteiger partial charge on any atom is 0.306 e. The minimum Gasteiger partial charge on any atom is -0.455 e. The SMILES string of the molecule is O=C(COC(=O)CCCC(=O)Nc1ccc(Cl)c(Cl)c1)NNC(=O)c1ccc(Cl)cc1. The number of rotatable bonds is 8. The van der Waals surface area contributed by atoms with Gasteiger partial charge in [-0.1, -0.05) is 34.8 Å². The van der Waals surface area contributed by atoms with E-state index < -0.39 is 24.4 Å². The summed E-state index contributed by atoms with van der Waals surface area (Å²) in [5.41, 5.74) is 5.09. The maximum absolute atomic E-state index is 11.9. The van der Waals surface area contributed by atoms with E-state index in [4.69, 9.17) is 39.5 Å². The minimum absolute atomic E-state index is 0.0563. The van der Waals surface area contributed by atoms with Crippen LogP contribution in [0.4, 0.5) is 5.69 Å². The topological polar surface area (TPSA) is 114 Å². The van der Waals surface area contributed by atoms with Crippen molar-refractivity contribution in [2.24, 2.45) is 0 Å². The van der Waals surface area contributed by atoms with Crippen LogP contribution in [0.25, 0.3) is 0 Å². The molecule has 0 radical (unpaired) electrons. The Kier molecular flexibility index (Phi) is 9.58. The molecule has 2 rings (SSSR count). The molecule has 0 aliphatic rings. The molecule has 3 N–H and O–H groups in total. The van der Waals surface area contributed by atoms with E-state index in [-0.39, 0.29) is 25.2 Å². The zero-order valence-corrected chi connectivity index (χ0v) is 18.3. The fourth-order valence-electron chi connectivity index (χ4n) is 2.24. The number of esters is 1. The van der Waals surface area contributed by atoms with Crippen molar-refractivity contribution >= 4 is 64.2 Å². The van der Waals surface area contributed by atoms with E-state index in [2.05, 4.69) is 16.2 Å². The second-order valence-corrected chi connectivity index (χ2v) is 7.45. The largest absolute Gasteiger partial charge is 0.455 e. The molecule has 31 heavy (non-hydrogen) atoms. The number of anilines is 1. The molecule has 3 amide bonds. The van der Waals surface area contributed by atoms with Crippen molar-refractivity contribution in [2.75, 3.05) is 11.9 Å². The van der Waals surface area contributed by atoms with Gasteiger partial charge < -0.3 is 10.1 Å². The van der Waals surface area contributed by atoms with E-state index in [0.29, 0.717) is 26.3 Å². The van der Waals surface area contributed by atoms with Crippen LogP contribution in [0.2, 0.25) is 15.1 Å². The van der Waals surface area contributed by atoms with E-state index in [1.54, 1.807) is 12.1 Å². The van der Waals surface area contributed by atoms with Crippen molar-refractivity contribution in [2.45, 2.75) is 19.3 Å². The summed E-state index contributed by atoms with van der Waals surface area (Å²) in [7, 11) is 0. The van der Waals surface area contributed by atoms with Gasteiger partial charge in [0, 0.05) is 29.1 Å². The van der Waals surface area contributed by atoms with Crippen LogP contribution >= 0.6 is 34.8 Å². The minimum atomic E-state index is -0.715. The van der Waals surface area contributed by atoms with E-state index in [1.807, 2.05) is 0 Å². The number of hydrogen-bond donors (Lipinski definition) is 3. The normalized spacial score (nSPS) is 10.2. The Balaban J connectivity index is 1.61. The highest BCUT2D eigenvalue weighted by molar-refractivity contribution is 6.42. The van der Waals surface area contributed by atoms with E-state index in [0.717, 1.165) is 0 Å². The first kappa shape index (κ1) is 24.5. The Labute approximate surface area is 193 Å². The lowest BCUT2D eigenvalue weighted by Crippen LogP contribution is -2.43. The summed E-state index contributed by atoms with van der Waals surface area (Å²) in [5, 5.41) is 3.79. The Hall–Kier alpha value is -2.81. The Morgan fingerprint density at radius 1 is 0.806 bits per heavy atom. The molecular weight excluding hydrogens is 469 g/mol. The summed E-state index contributed by atoms with van der Waals surface area (Å²) in [6.45, 7) is -0.574. The van der Waals surface area contributed by atoms with Crippen molar-refractivity contribution in [3.05, 3.63) is 63.1 Å². The second kappa shape index (κ2) is 12.1. The van der Waals surface area contributed by atoms with Crippen LogP contribution in [0.15, 0.2) is 42.5 Å². The zero-order chi connectivity index (χ0) is 22.8. The van der Waals surface area contributed by atoms with Gasteiger partial charge in [0.1, 0.15) is 0 Å². The lowest BCUT2D eigenvalue weighted by atomic mass is 10.2. The summed E-state index contributed by atoms with van der Waals surface area (Å²) >= 11 is 17.4. The van der Waals surface area contributed by atoms with Crippen molar-refractivity contribution in [3.63, 3.8) is 0 Å². The van der Waals surface area contributed by atoms with Gasteiger partial charge in [0.2, 0.25) is 5.91 Å². The van der Waals surface area contributed by atoms with Gasteiger partial charge in [0.25, 0.3) is 11.8 Å². The summed E-state index contributed by atoms with van der Waals surface area (Å²) in [6, 6.07) is 10.7. The number of halogens is 3. The van der Waals surface area contributed by atoms with Crippen LogP contribution in [0.1, 0.15) is 29.6 Å². The van der Waals surface area contributed by atoms with Crippen LogP contribution < -0.4 is 16.2 Å². The van der Waals surface area contributed by atoms with Crippen molar-refractivity contribution < 1.29 is 23.9 Å². The van der Waals surface area contributed by atoms with Gasteiger partial charge in [-0.25, -0.2) is 0 Å². The number of benzene rings is 2. The van der Waals surface area contributed by atoms with Crippen molar-refractivity contribution in [1.82, 2.24) is 10.9 Å². The van der Waals surface area contributed by atoms with Gasteiger partial charge in [-0.05, 0) is 48.9 Å². The average molecular weight is 487 g/mol. The lowest BCUT2D eigenvalue weighted by Gasteiger charge is -2.08. The third-order valence-corrected chi connectivity index (χ3v) is 4.77. The number of hydrogen-bond acceptors (Lipinski definition) is 5. The molecule has 164 valence electrons. The summed E-state index contributed by atoms with van der Waals surface area (Å²) in [4.78, 5) is 47.1. The summed E-state index contributed by atoms with van der Waals surface area (Å²) < 4.78 is 4.80. The number of amides is 3. The predicted octanol–water partition coefficient (Wildman–Crippen LogP) is 3.76. The zero-order valence-electron chi connectivity index (χ0n) is 16.0. The fraction of sp³-hybridized carbons (Fsp3) is 0.200. The highest BCUT2D eigenvalue weighted by atomic mass is 35.5. The van der Waals surface area contributed by atoms with Gasteiger partial charge in [-0.15, -0.1) is 0 Å². The number of ether oxygens (including phenoxy) is 1. The Bertz CT molecular complexity index is 967. The van der Waals surface area contributed by atoms with Crippen molar-refractivity contribution in [1.29, 1.82) is 0 Å². The van der Waals surface area contributed by atoms with Gasteiger partial charge in [-0.3, -0.25) is 30.0 Å². The molecule has 0 saturated heterocycles. The molecule has 2 aromatic carbocycles. The lowest BCUT2D eigenvalue weighted by molar-refractivity contribution is -0.148. The number of nitrogens with one attached hydrogen (secondary N) is 3. The maximum atomic E-state index is 11.9. The molecule has 0 spiro atoms. The van der Waals surface area contributed by atoms with Crippen molar-refractivity contribution in [3.8, 4) is 0 Å². The molecule has 0 aromatic heterocycles. The van der Waals surface area contributed by atoms with Crippen LogP contribution in [-0.2, 0) is 19.1 Å². The number of carbonyl (C=O) groups is 4. The highest BCUT2D eigenvalue weighted by Crippen LogP contribution is 2.25. The van der Waals surface area contributed by atoms with Crippen LogP contribution in [0.5, 0.6) is 0 Å². The quantitative estimate of drug-likeness (QED) is 0.388. The van der Waals surface area contributed by atoms with E-state index >= 15 is 0 Å². The molecule has 0 unspecified atom stereocenters. The predicted molar refractivity (Wildman–Crippen MR) is 117 cm³/mol. The average Bonchev–Trinajstić information content (AvgIpc) is 2.73. The van der Waals surface area contributed by atoms with Gasteiger partial charge in [-0.2, -0.15) is 0 Å². The molecule has 0 atom stereocenters. The molecule has 0 heterocycles. The first-order chi connectivity index (χ1) is 14.7. The molecule has 2 aromatic rings. The van der Waals surface area contributed by atoms with Gasteiger partial charge in [0.05, 0.1) is 10.0 Å². The number of carbonyl (C=O) groups excluding carboxylic acids is 4. The monoisotopic (exact) mass is 485 g/mol. The molecule has 0 aliphatic carbocycles. The van der Waals surface area contributed by atoms with Gasteiger partial charge >= 0.3 is 5.97 Å². The first-order valence-corrected chi connectivity index (χ1v) is 10.1. The van der Waals surface area contributed by atoms with Crippen LogP contribution in [0, 0.1) is 0 Å². The second-order valence-electron chi connectivity index (χ2n) is 6.20. The van der Waals surface area contributed by atoms with Gasteiger partial charge in [0.15, 0.2) is 6.61 Å². The standard InChI is InChI=1S/C20H18Cl3N3O5/c21-13-6-4-12(5-7-13)20(30)26-25-18(28)11-31-19(29)3-1-2-17(27)24-14-8-9-15(22)16(23)10-14/h4-10H,1-3,11H2,(H,24,27)(H,25,28)(H,26,30). The molecule has 0 aliphatic heterocycles. The van der Waals surface area contributed by atoms with Crippen LogP contribution in [0.3, 0.4) is 0 Å². The molecule has 0 bridgehead atoms. The summed E-state index contributed by atoms with van der Waals surface area (Å²) in [5.74, 6) is -2.23. The Morgan fingerprint density at radius 2 is 1.52 bits per heavy atom. The molecular formula is C20H18Cl3N3O5. The molecule has 0 fully saturated rings. The molecule has 0 saturated carbocycles. The molecule has 11 heteroatoms. The third kappa shape index (κ3) is 8.84. The smallest absolute Gasteiger partial charge is 0.306 e. The van der Waals surface area contributed by atoms with E-state index in [1.165, 1.54) is 30.3 Å². The Morgan fingerprint density at radius 3 is 2.19 bits per heavy atom. The third-order valence-electron chi connectivity index (χ3n) is 3.77. The molecule has 8 nitrogen and oxygen atoms in total. The van der Waals surface area contributed by atoms with E-state index in [9.17, 15) is 19.2 Å². The summed E-state index contributed by atoms with van der Waals surface area (Å²) in [6.07, 6.45) is 0.235. The fourth-order valence-corrected chi connectivity index (χ4v) is 2.67. The van der Waals surface area contributed by atoms with Crippen LogP contribution in [-0.4, -0.2) is 30.3 Å². The highest BCUT2D eigenvalue weighted by Gasteiger charge is 2.11. The number of hydrazine groups is 1.